The monoisotopic (exact) mass is 344 g/mol. The summed E-state index contributed by atoms with van der Waals surface area (Å²) in [6, 6.07) is 1.63. The van der Waals surface area contributed by atoms with Crippen molar-refractivity contribution in [2.75, 3.05) is 13.1 Å². The van der Waals surface area contributed by atoms with Crippen LogP contribution in [-0.4, -0.2) is 38.6 Å². The van der Waals surface area contributed by atoms with Crippen LogP contribution >= 0.6 is 11.3 Å². The first-order valence-electron chi connectivity index (χ1n) is 7.74. The predicted molar refractivity (Wildman–Crippen MR) is 89.5 cm³/mol. The summed E-state index contributed by atoms with van der Waals surface area (Å²) in [5.41, 5.74) is 1.61. The van der Waals surface area contributed by atoms with Gasteiger partial charge in [-0.1, -0.05) is 5.16 Å². The number of carbonyl (C=O) groups is 1. The zero-order valence-corrected chi connectivity index (χ0v) is 14.2. The highest BCUT2D eigenvalue weighted by Gasteiger charge is 2.24. The molecule has 0 fully saturated rings. The molecule has 0 atom stereocenters. The van der Waals surface area contributed by atoms with Crippen LogP contribution in [0.5, 0.6) is 0 Å². The third-order valence-corrected chi connectivity index (χ3v) is 5.27. The Balaban J connectivity index is 1.67. The minimum absolute atomic E-state index is 0.0152. The van der Waals surface area contributed by atoms with Crippen LogP contribution in [-0.2, 0) is 13.0 Å². The predicted octanol–water partition coefficient (Wildman–Crippen LogP) is 1.76. The van der Waals surface area contributed by atoms with Gasteiger partial charge in [0, 0.05) is 32.1 Å². The van der Waals surface area contributed by atoms with Gasteiger partial charge in [-0.2, -0.15) is 0 Å². The van der Waals surface area contributed by atoms with Gasteiger partial charge in [-0.25, -0.2) is 4.98 Å². The van der Waals surface area contributed by atoms with Crippen LogP contribution in [0.2, 0.25) is 0 Å². The molecule has 0 aromatic carbocycles. The summed E-state index contributed by atoms with van der Waals surface area (Å²) in [6.07, 6.45) is 0.543. The number of amides is 1. The molecule has 1 aliphatic rings. The third-order valence-electron chi connectivity index (χ3n) is 4.28. The molecule has 8 heteroatoms. The third kappa shape index (κ3) is 2.34. The number of hydrogen-bond acceptors (Lipinski definition) is 6. The number of carbonyl (C=O) groups excluding carboxylic acids is 1. The molecule has 0 unspecified atom stereocenters. The number of rotatable bonds is 1. The summed E-state index contributed by atoms with van der Waals surface area (Å²) < 4.78 is 6.76. The Labute approximate surface area is 141 Å². The minimum Gasteiger partial charge on any atom is -0.351 e. The quantitative estimate of drug-likeness (QED) is 0.672. The largest absolute Gasteiger partial charge is 0.351 e. The standard InChI is InChI=1S/C16H16N4O3S/c1-9-8-24-14-13(9)16(22)20-6-5-19(4-3-12(20)17-14)15(21)11-7-10(2)18-23-11/h7-8H,3-6H2,1-2H3. The molecule has 0 bridgehead atoms. The van der Waals surface area contributed by atoms with Crippen LogP contribution in [0.4, 0.5) is 0 Å². The first-order valence-corrected chi connectivity index (χ1v) is 8.62. The fourth-order valence-electron chi connectivity index (χ4n) is 3.02. The molecular weight excluding hydrogens is 328 g/mol. The van der Waals surface area contributed by atoms with Crippen molar-refractivity contribution in [2.45, 2.75) is 26.8 Å². The first-order chi connectivity index (χ1) is 11.5. The van der Waals surface area contributed by atoms with E-state index in [0.29, 0.717) is 37.1 Å². The van der Waals surface area contributed by atoms with Crippen LogP contribution in [0.15, 0.2) is 20.8 Å². The maximum atomic E-state index is 12.8. The molecule has 24 heavy (non-hydrogen) atoms. The molecule has 1 aliphatic heterocycles. The number of aryl methyl sites for hydroxylation is 2. The van der Waals surface area contributed by atoms with Crippen LogP contribution in [0, 0.1) is 13.8 Å². The van der Waals surface area contributed by atoms with Crippen LogP contribution in [0.25, 0.3) is 10.2 Å². The summed E-state index contributed by atoms with van der Waals surface area (Å²) in [4.78, 5) is 32.4. The van der Waals surface area contributed by atoms with Crippen LogP contribution < -0.4 is 5.56 Å². The summed E-state index contributed by atoms with van der Waals surface area (Å²) in [7, 11) is 0. The van der Waals surface area contributed by atoms with Crippen molar-refractivity contribution in [3.05, 3.63) is 44.6 Å². The Bertz CT molecular complexity index is 1000. The van der Waals surface area contributed by atoms with E-state index in [1.54, 1.807) is 22.5 Å². The van der Waals surface area contributed by atoms with Crippen LogP contribution in [0.1, 0.15) is 27.6 Å². The van der Waals surface area contributed by atoms with Crippen molar-refractivity contribution >= 4 is 27.5 Å². The molecule has 0 aliphatic carbocycles. The molecule has 0 radical (unpaired) electrons. The first kappa shape index (κ1) is 15.1. The lowest BCUT2D eigenvalue weighted by atomic mass is 10.2. The molecule has 0 spiro atoms. The Morgan fingerprint density at radius 3 is 2.88 bits per heavy atom. The van der Waals surface area contributed by atoms with Gasteiger partial charge in [0.1, 0.15) is 10.7 Å². The highest BCUT2D eigenvalue weighted by Crippen LogP contribution is 2.21. The van der Waals surface area contributed by atoms with Crippen molar-refractivity contribution in [3.8, 4) is 0 Å². The van der Waals surface area contributed by atoms with E-state index in [0.717, 1.165) is 16.2 Å². The summed E-state index contributed by atoms with van der Waals surface area (Å²) in [6.45, 7) is 5.08. The maximum absolute atomic E-state index is 12.8. The Hall–Kier alpha value is -2.48. The van der Waals surface area contributed by atoms with Crippen molar-refractivity contribution in [1.82, 2.24) is 19.6 Å². The number of thiophene rings is 1. The molecule has 7 nitrogen and oxygen atoms in total. The topological polar surface area (TPSA) is 81.2 Å². The highest BCUT2D eigenvalue weighted by molar-refractivity contribution is 7.16. The van der Waals surface area contributed by atoms with Gasteiger partial charge in [0.2, 0.25) is 5.76 Å². The van der Waals surface area contributed by atoms with E-state index in [1.807, 2.05) is 12.3 Å². The molecule has 3 aromatic rings. The molecule has 4 rings (SSSR count). The number of hydrogen-bond donors (Lipinski definition) is 0. The molecular formula is C16H16N4O3S. The van der Waals surface area contributed by atoms with Gasteiger partial charge in [-0.05, 0) is 24.8 Å². The number of aromatic nitrogens is 3. The summed E-state index contributed by atoms with van der Waals surface area (Å²) >= 11 is 1.49. The van der Waals surface area contributed by atoms with Crippen molar-refractivity contribution < 1.29 is 9.32 Å². The molecule has 1 amide bonds. The lowest BCUT2D eigenvalue weighted by Crippen LogP contribution is -2.34. The van der Waals surface area contributed by atoms with Crippen molar-refractivity contribution in [1.29, 1.82) is 0 Å². The van der Waals surface area contributed by atoms with Crippen molar-refractivity contribution in [3.63, 3.8) is 0 Å². The van der Waals surface area contributed by atoms with Crippen molar-refractivity contribution in [2.24, 2.45) is 0 Å². The lowest BCUT2D eigenvalue weighted by molar-refractivity contribution is 0.0717. The van der Waals surface area contributed by atoms with Crippen LogP contribution in [0.3, 0.4) is 0 Å². The van der Waals surface area contributed by atoms with Gasteiger partial charge in [-0.15, -0.1) is 11.3 Å². The smallest absolute Gasteiger partial charge is 0.292 e. The van der Waals surface area contributed by atoms with Gasteiger partial charge in [0.05, 0.1) is 11.1 Å². The second-order valence-corrected chi connectivity index (χ2v) is 6.82. The second-order valence-electron chi connectivity index (χ2n) is 5.96. The van der Waals surface area contributed by atoms with E-state index in [-0.39, 0.29) is 17.2 Å². The molecule has 3 aromatic heterocycles. The average Bonchev–Trinajstić information content (AvgIpc) is 3.07. The minimum atomic E-state index is -0.200. The Kier molecular flexibility index (Phi) is 3.49. The Morgan fingerprint density at radius 1 is 1.29 bits per heavy atom. The number of nitrogens with zero attached hydrogens (tertiary/aromatic N) is 4. The van der Waals surface area contributed by atoms with Gasteiger partial charge in [0.25, 0.3) is 11.5 Å². The maximum Gasteiger partial charge on any atom is 0.292 e. The average molecular weight is 344 g/mol. The number of fused-ring (bicyclic) bond motifs is 2. The van der Waals surface area contributed by atoms with Gasteiger partial charge >= 0.3 is 0 Å². The fourth-order valence-corrected chi connectivity index (χ4v) is 3.95. The van der Waals surface area contributed by atoms with Gasteiger partial charge < -0.3 is 9.42 Å². The molecule has 4 heterocycles. The lowest BCUT2D eigenvalue weighted by Gasteiger charge is -2.17. The van der Waals surface area contributed by atoms with E-state index in [2.05, 4.69) is 10.1 Å². The van der Waals surface area contributed by atoms with E-state index < -0.39 is 0 Å². The Morgan fingerprint density at radius 2 is 2.12 bits per heavy atom. The van der Waals surface area contributed by atoms with E-state index >= 15 is 0 Å². The van der Waals surface area contributed by atoms with Gasteiger partial charge in [-0.3, -0.25) is 14.2 Å². The zero-order chi connectivity index (χ0) is 16.8. The zero-order valence-electron chi connectivity index (χ0n) is 13.4. The molecule has 0 saturated carbocycles. The van der Waals surface area contributed by atoms with E-state index in [9.17, 15) is 9.59 Å². The fraction of sp³-hybridized carbons (Fsp3) is 0.375. The highest BCUT2D eigenvalue weighted by atomic mass is 32.1. The van der Waals surface area contributed by atoms with E-state index in [1.165, 1.54) is 11.3 Å². The van der Waals surface area contributed by atoms with E-state index in [4.69, 9.17) is 4.52 Å². The SMILES string of the molecule is Cc1cc(C(=O)N2CCc3nc4scc(C)c4c(=O)n3CC2)on1. The molecule has 0 saturated heterocycles. The normalized spacial score (nSPS) is 14.7. The molecule has 124 valence electrons. The van der Waals surface area contributed by atoms with Gasteiger partial charge in [0.15, 0.2) is 0 Å². The summed E-state index contributed by atoms with van der Waals surface area (Å²) in [5.74, 6) is 0.767. The second kappa shape index (κ2) is 5.55. The summed E-state index contributed by atoms with van der Waals surface area (Å²) in [5, 5.41) is 6.41. The molecule has 0 N–H and O–H groups in total.